The molecule has 102 valence electrons. The molecule has 1 N–H and O–H groups in total. The fraction of sp³-hybridized carbons (Fsp3) is 0.750. The van der Waals surface area contributed by atoms with E-state index in [1.165, 1.54) is 48.3 Å². The highest BCUT2D eigenvalue weighted by Crippen LogP contribution is 2.30. The highest BCUT2D eigenvalue weighted by molar-refractivity contribution is 7.12. The summed E-state index contributed by atoms with van der Waals surface area (Å²) < 4.78 is 0. The molecule has 2 rings (SSSR count). The molecule has 1 saturated carbocycles. The maximum atomic E-state index is 3.82. The Morgan fingerprint density at radius 3 is 2.56 bits per heavy atom. The van der Waals surface area contributed by atoms with Crippen LogP contribution in [0.4, 0.5) is 0 Å². The lowest BCUT2D eigenvalue weighted by Crippen LogP contribution is -2.34. The van der Waals surface area contributed by atoms with Gasteiger partial charge in [0, 0.05) is 21.8 Å². The molecule has 1 aromatic rings. The minimum absolute atomic E-state index is 0.524. The Morgan fingerprint density at radius 1 is 1.28 bits per heavy atom. The van der Waals surface area contributed by atoms with E-state index in [0.29, 0.717) is 6.04 Å². The van der Waals surface area contributed by atoms with Crippen molar-refractivity contribution in [2.24, 2.45) is 5.92 Å². The van der Waals surface area contributed by atoms with Gasteiger partial charge in [0.25, 0.3) is 0 Å². The number of aryl methyl sites for hydroxylation is 1. The lowest BCUT2D eigenvalue weighted by Gasteiger charge is -2.31. The highest BCUT2D eigenvalue weighted by Gasteiger charge is 2.22. The number of hydrogen-bond donors (Lipinski definition) is 1. The molecular formula is C16H27NS. The fourth-order valence-corrected chi connectivity index (χ4v) is 4.04. The van der Waals surface area contributed by atoms with Gasteiger partial charge in [-0.05, 0) is 57.6 Å². The molecule has 0 aromatic carbocycles. The van der Waals surface area contributed by atoms with E-state index in [1.807, 2.05) is 11.3 Å². The molecule has 1 atom stereocenters. The maximum absolute atomic E-state index is 3.82. The lowest BCUT2D eigenvalue weighted by atomic mass is 9.83. The van der Waals surface area contributed by atoms with Crippen LogP contribution in [0.25, 0.3) is 0 Å². The second kappa shape index (κ2) is 6.72. The Bertz CT molecular complexity index is 350. The second-order valence-electron chi connectivity index (χ2n) is 5.84. The predicted molar refractivity (Wildman–Crippen MR) is 81.3 cm³/mol. The van der Waals surface area contributed by atoms with Crippen LogP contribution in [0.1, 0.15) is 68.2 Å². The third-order valence-corrected chi connectivity index (χ3v) is 5.40. The van der Waals surface area contributed by atoms with Crippen molar-refractivity contribution in [2.75, 3.05) is 0 Å². The van der Waals surface area contributed by atoms with E-state index in [0.717, 1.165) is 12.0 Å². The van der Waals surface area contributed by atoms with E-state index in [2.05, 4.69) is 38.2 Å². The van der Waals surface area contributed by atoms with E-state index in [9.17, 15) is 0 Å². The average Bonchev–Trinajstić information content (AvgIpc) is 2.79. The fourth-order valence-electron chi connectivity index (χ4n) is 3.15. The lowest BCUT2D eigenvalue weighted by molar-refractivity contribution is 0.267. The van der Waals surface area contributed by atoms with Crippen LogP contribution in [0, 0.1) is 12.8 Å². The summed E-state index contributed by atoms with van der Waals surface area (Å²) in [5, 5.41) is 3.82. The second-order valence-corrected chi connectivity index (χ2v) is 7.16. The Kier molecular flexibility index (Phi) is 5.25. The van der Waals surface area contributed by atoms with Crippen LogP contribution in [0.2, 0.25) is 0 Å². The van der Waals surface area contributed by atoms with Crippen molar-refractivity contribution in [3.8, 4) is 0 Å². The minimum atomic E-state index is 0.524. The molecule has 0 amide bonds. The van der Waals surface area contributed by atoms with Gasteiger partial charge in [-0.2, -0.15) is 0 Å². The standard InChI is InChI=1S/C16H27NS/c1-4-5-14-7-9-15(10-8-14)17-13(3)16-11-6-12(2)18-16/h6,11,13-15,17H,4-5,7-10H2,1-3H3. The Hall–Kier alpha value is -0.340. The van der Waals surface area contributed by atoms with Gasteiger partial charge in [-0.15, -0.1) is 11.3 Å². The van der Waals surface area contributed by atoms with Crippen LogP contribution in [-0.4, -0.2) is 6.04 Å². The maximum Gasteiger partial charge on any atom is 0.0388 e. The van der Waals surface area contributed by atoms with E-state index in [-0.39, 0.29) is 0 Å². The van der Waals surface area contributed by atoms with Crippen molar-refractivity contribution in [2.45, 2.75) is 71.4 Å². The summed E-state index contributed by atoms with van der Waals surface area (Å²) >= 11 is 1.93. The molecule has 1 aliphatic carbocycles. The largest absolute Gasteiger partial charge is 0.307 e. The van der Waals surface area contributed by atoms with Crippen LogP contribution in [0.15, 0.2) is 12.1 Å². The molecule has 0 radical (unpaired) electrons. The molecule has 2 heteroatoms. The summed E-state index contributed by atoms with van der Waals surface area (Å²) in [7, 11) is 0. The zero-order chi connectivity index (χ0) is 13.0. The van der Waals surface area contributed by atoms with Gasteiger partial charge in [-0.3, -0.25) is 0 Å². The number of rotatable bonds is 5. The molecule has 0 bridgehead atoms. The monoisotopic (exact) mass is 265 g/mol. The number of hydrogen-bond acceptors (Lipinski definition) is 2. The third kappa shape index (κ3) is 3.83. The highest BCUT2D eigenvalue weighted by atomic mass is 32.1. The summed E-state index contributed by atoms with van der Waals surface area (Å²) in [6.07, 6.45) is 8.40. The van der Waals surface area contributed by atoms with Gasteiger partial charge < -0.3 is 5.32 Å². The Balaban J connectivity index is 1.77. The molecule has 1 fully saturated rings. The first-order chi connectivity index (χ1) is 8.69. The smallest absolute Gasteiger partial charge is 0.0388 e. The van der Waals surface area contributed by atoms with Gasteiger partial charge in [0.1, 0.15) is 0 Å². The van der Waals surface area contributed by atoms with Gasteiger partial charge in [0.05, 0.1) is 0 Å². The normalized spacial score (nSPS) is 26.2. The topological polar surface area (TPSA) is 12.0 Å². The number of thiophene rings is 1. The van der Waals surface area contributed by atoms with E-state index < -0.39 is 0 Å². The van der Waals surface area contributed by atoms with Crippen molar-refractivity contribution >= 4 is 11.3 Å². The molecule has 18 heavy (non-hydrogen) atoms. The van der Waals surface area contributed by atoms with Gasteiger partial charge in [-0.1, -0.05) is 19.8 Å². The van der Waals surface area contributed by atoms with Crippen molar-refractivity contribution in [1.29, 1.82) is 0 Å². The molecule has 0 spiro atoms. The first-order valence-electron chi connectivity index (χ1n) is 7.51. The van der Waals surface area contributed by atoms with E-state index >= 15 is 0 Å². The predicted octanol–water partition coefficient (Wildman–Crippen LogP) is 5.07. The van der Waals surface area contributed by atoms with Gasteiger partial charge in [-0.25, -0.2) is 0 Å². The molecule has 1 unspecified atom stereocenters. The zero-order valence-corrected chi connectivity index (χ0v) is 12.9. The van der Waals surface area contributed by atoms with Crippen LogP contribution < -0.4 is 5.32 Å². The summed E-state index contributed by atoms with van der Waals surface area (Å²) in [5.74, 6) is 1.01. The van der Waals surface area contributed by atoms with E-state index in [4.69, 9.17) is 0 Å². The average molecular weight is 265 g/mol. The molecule has 1 nitrogen and oxygen atoms in total. The van der Waals surface area contributed by atoms with Crippen molar-refractivity contribution in [1.82, 2.24) is 5.32 Å². The summed E-state index contributed by atoms with van der Waals surface area (Å²) in [6.45, 7) is 6.81. The quantitative estimate of drug-likeness (QED) is 0.784. The zero-order valence-electron chi connectivity index (χ0n) is 12.0. The van der Waals surface area contributed by atoms with Crippen LogP contribution in [-0.2, 0) is 0 Å². The Morgan fingerprint density at radius 2 is 2.00 bits per heavy atom. The summed E-state index contributed by atoms with van der Waals surface area (Å²) in [5.41, 5.74) is 0. The van der Waals surface area contributed by atoms with Crippen molar-refractivity contribution in [3.63, 3.8) is 0 Å². The molecular weight excluding hydrogens is 238 g/mol. The molecule has 0 saturated heterocycles. The van der Waals surface area contributed by atoms with Gasteiger partial charge >= 0.3 is 0 Å². The third-order valence-electron chi connectivity index (χ3n) is 4.22. The molecule has 1 aliphatic rings. The van der Waals surface area contributed by atoms with Crippen LogP contribution >= 0.6 is 11.3 Å². The van der Waals surface area contributed by atoms with Crippen LogP contribution in [0.3, 0.4) is 0 Å². The summed E-state index contributed by atoms with van der Waals surface area (Å²) in [4.78, 5) is 2.91. The van der Waals surface area contributed by atoms with Crippen molar-refractivity contribution < 1.29 is 0 Å². The summed E-state index contributed by atoms with van der Waals surface area (Å²) in [6, 6.07) is 5.78. The van der Waals surface area contributed by atoms with Crippen LogP contribution in [0.5, 0.6) is 0 Å². The molecule has 1 aromatic heterocycles. The SMILES string of the molecule is CCCC1CCC(NC(C)c2ccc(C)s2)CC1. The first-order valence-corrected chi connectivity index (χ1v) is 8.33. The first kappa shape index (κ1) is 14.1. The van der Waals surface area contributed by atoms with Gasteiger partial charge in [0.15, 0.2) is 0 Å². The Labute approximate surface area is 116 Å². The number of nitrogens with one attached hydrogen (secondary N) is 1. The minimum Gasteiger partial charge on any atom is -0.307 e. The van der Waals surface area contributed by atoms with Gasteiger partial charge in [0.2, 0.25) is 0 Å². The van der Waals surface area contributed by atoms with E-state index in [1.54, 1.807) is 0 Å². The molecule has 1 heterocycles. The molecule has 0 aliphatic heterocycles. The van der Waals surface area contributed by atoms with Crippen molar-refractivity contribution in [3.05, 3.63) is 21.9 Å².